The van der Waals surface area contributed by atoms with Gasteiger partial charge in [-0.1, -0.05) is 30.0 Å². The molecule has 0 amide bonds. The van der Waals surface area contributed by atoms with Gasteiger partial charge in [0.2, 0.25) is 0 Å². The van der Waals surface area contributed by atoms with Crippen LogP contribution >= 0.6 is 36.8 Å². The summed E-state index contributed by atoms with van der Waals surface area (Å²) in [6, 6.07) is 18.5. The van der Waals surface area contributed by atoms with Crippen molar-refractivity contribution in [2.75, 3.05) is 0 Å². The molecule has 0 heterocycles. The smallest absolute Gasteiger partial charge is 0.0123 e. The maximum absolute atomic E-state index is 4.25. The first kappa shape index (κ1) is 12.5. The zero-order valence-corrected chi connectivity index (χ0v) is 10.5. The highest BCUT2D eigenvalue weighted by Gasteiger charge is 1.95. The monoisotopic (exact) mass is 254 g/mol. The van der Waals surface area contributed by atoms with E-state index in [0.717, 1.165) is 4.90 Å². The van der Waals surface area contributed by atoms with E-state index in [-0.39, 0.29) is 12.4 Å². The highest BCUT2D eigenvalue weighted by Crippen LogP contribution is 2.27. The van der Waals surface area contributed by atoms with Gasteiger partial charge in [0.05, 0.1) is 0 Å². The molecule has 0 nitrogen and oxygen atoms in total. The molecule has 3 heteroatoms. The quantitative estimate of drug-likeness (QED) is 0.768. The molecule has 0 N–H and O–H groups in total. The minimum Gasteiger partial charge on any atom is -0.147 e. The lowest BCUT2D eigenvalue weighted by atomic mass is 10.4. The van der Waals surface area contributed by atoms with E-state index in [1.807, 2.05) is 18.2 Å². The SMILES string of the molecule is Cl.Sc1ccc(Sc2ccccc2)cc1. The molecule has 0 spiro atoms. The van der Waals surface area contributed by atoms with Crippen LogP contribution in [-0.4, -0.2) is 0 Å². The van der Waals surface area contributed by atoms with Gasteiger partial charge in [-0.2, -0.15) is 0 Å². The molecule has 0 radical (unpaired) electrons. The summed E-state index contributed by atoms with van der Waals surface area (Å²) in [5.41, 5.74) is 0. The molecular formula is C12H11ClS2. The average Bonchev–Trinajstić information content (AvgIpc) is 2.23. The Morgan fingerprint density at radius 2 is 1.27 bits per heavy atom. The largest absolute Gasteiger partial charge is 0.147 e. The minimum absolute atomic E-state index is 0. The summed E-state index contributed by atoms with van der Waals surface area (Å²) >= 11 is 6.01. The van der Waals surface area contributed by atoms with E-state index in [4.69, 9.17) is 0 Å². The topological polar surface area (TPSA) is 0 Å². The summed E-state index contributed by atoms with van der Waals surface area (Å²) in [7, 11) is 0. The molecule has 0 bridgehead atoms. The predicted octanol–water partition coefficient (Wildman–Crippen LogP) is 4.55. The number of benzene rings is 2. The van der Waals surface area contributed by atoms with Crippen molar-refractivity contribution < 1.29 is 0 Å². The molecule has 0 aliphatic heterocycles. The zero-order valence-electron chi connectivity index (χ0n) is 7.96. The van der Waals surface area contributed by atoms with Crippen molar-refractivity contribution in [3.63, 3.8) is 0 Å². The van der Waals surface area contributed by atoms with Gasteiger partial charge in [-0.05, 0) is 36.4 Å². The van der Waals surface area contributed by atoms with Crippen LogP contribution in [-0.2, 0) is 0 Å². The lowest BCUT2D eigenvalue weighted by Gasteiger charge is -2.00. The van der Waals surface area contributed by atoms with Crippen LogP contribution in [0.3, 0.4) is 0 Å². The van der Waals surface area contributed by atoms with Gasteiger partial charge in [0.25, 0.3) is 0 Å². The van der Waals surface area contributed by atoms with Gasteiger partial charge in [0, 0.05) is 14.7 Å². The lowest BCUT2D eigenvalue weighted by molar-refractivity contribution is 1.35. The average molecular weight is 255 g/mol. The summed E-state index contributed by atoms with van der Waals surface area (Å²) in [6.45, 7) is 0. The van der Waals surface area contributed by atoms with Gasteiger partial charge < -0.3 is 0 Å². The van der Waals surface area contributed by atoms with Crippen LogP contribution in [0.15, 0.2) is 69.3 Å². The highest BCUT2D eigenvalue weighted by molar-refractivity contribution is 7.99. The highest BCUT2D eigenvalue weighted by atomic mass is 35.5. The maximum Gasteiger partial charge on any atom is 0.0123 e. The van der Waals surface area contributed by atoms with E-state index in [1.54, 1.807) is 11.8 Å². The first-order valence-electron chi connectivity index (χ1n) is 4.36. The second-order valence-electron chi connectivity index (χ2n) is 2.91. The molecular weight excluding hydrogens is 244 g/mol. The first-order valence-corrected chi connectivity index (χ1v) is 5.63. The van der Waals surface area contributed by atoms with Crippen LogP contribution in [0.1, 0.15) is 0 Å². The molecule has 78 valence electrons. The van der Waals surface area contributed by atoms with Crippen molar-refractivity contribution in [3.8, 4) is 0 Å². The van der Waals surface area contributed by atoms with E-state index >= 15 is 0 Å². The molecule has 0 aliphatic carbocycles. The van der Waals surface area contributed by atoms with Crippen LogP contribution in [0.25, 0.3) is 0 Å². The summed E-state index contributed by atoms with van der Waals surface area (Å²) in [6.07, 6.45) is 0. The van der Waals surface area contributed by atoms with E-state index in [1.165, 1.54) is 9.79 Å². The van der Waals surface area contributed by atoms with Crippen molar-refractivity contribution in [3.05, 3.63) is 54.6 Å². The Hall–Kier alpha value is -0.570. The normalized spacial score (nSPS) is 9.40. The Labute approximate surface area is 106 Å². The van der Waals surface area contributed by atoms with Gasteiger partial charge in [-0.3, -0.25) is 0 Å². The number of rotatable bonds is 2. The molecule has 0 atom stereocenters. The van der Waals surface area contributed by atoms with E-state index in [0.29, 0.717) is 0 Å². The third-order valence-electron chi connectivity index (χ3n) is 1.82. The lowest BCUT2D eigenvalue weighted by Crippen LogP contribution is -1.72. The molecule has 0 unspecified atom stereocenters. The van der Waals surface area contributed by atoms with Crippen LogP contribution in [0.5, 0.6) is 0 Å². The van der Waals surface area contributed by atoms with Crippen molar-refractivity contribution in [1.29, 1.82) is 0 Å². The van der Waals surface area contributed by atoms with Crippen LogP contribution in [0.4, 0.5) is 0 Å². The summed E-state index contributed by atoms with van der Waals surface area (Å²) < 4.78 is 0. The molecule has 15 heavy (non-hydrogen) atoms. The Morgan fingerprint density at radius 3 is 1.87 bits per heavy atom. The van der Waals surface area contributed by atoms with Crippen LogP contribution < -0.4 is 0 Å². The fraction of sp³-hybridized carbons (Fsp3) is 0. The van der Waals surface area contributed by atoms with E-state index in [9.17, 15) is 0 Å². The predicted molar refractivity (Wildman–Crippen MR) is 71.5 cm³/mol. The molecule has 0 fully saturated rings. The van der Waals surface area contributed by atoms with Crippen molar-refractivity contribution in [2.24, 2.45) is 0 Å². The first-order chi connectivity index (χ1) is 6.84. The Balaban J connectivity index is 0.00000112. The minimum atomic E-state index is 0. The maximum atomic E-state index is 4.25. The number of hydrogen-bond acceptors (Lipinski definition) is 2. The van der Waals surface area contributed by atoms with Gasteiger partial charge in [0.15, 0.2) is 0 Å². The van der Waals surface area contributed by atoms with Gasteiger partial charge in [-0.25, -0.2) is 0 Å². The summed E-state index contributed by atoms with van der Waals surface area (Å²) in [5, 5.41) is 0. The third-order valence-corrected chi connectivity index (χ3v) is 3.13. The molecule has 2 rings (SSSR count). The van der Waals surface area contributed by atoms with Crippen LogP contribution in [0, 0.1) is 0 Å². The molecule has 2 aromatic rings. The Morgan fingerprint density at radius 1 is 0.733 bits per heavy atom. The molecule has 0 saturated carbocycles. The summed E-state index contributed by atoms with van der Waals surface area (Å²) in [5.74, 6) is 0. The second-order valence-corrected chi connectivity index (χ2v) is 4.57. The second kappa shape index (κ2) is 6.11. The fourth-order valence-corrected chi connectivity index (χ4v) is 2.13. The summed E-state index contributed by atoms with van der Waals surface area (Å²) in [4.78, 5) is 3.51. The Kier molecular flexibility index (Phi) is 5.09. The van der Waals surface area contributed by atoms with E-state index in [2.05, 4.69) is 49.0 Å². The molecule has 2 aromatic carbocycles. The fourth-order valence-electron chi connectivity index (χ4n) is 1.14. The van der Waals surface area contributed by atoms with Crippen molar-refractivity contribution in [1.82, 2.24) is 0 Å². The van der Waals surface area contributed by atoms with Gasteiger partial charge in [-0.15, -0.1) is 25.0 Å². The van der Waals surface area contributed by atoms with Crippen molar-refractivity contribution in [2.45, 2.75) is 14.7 Å². The van der Waals surface area contributed by atoms with Gasteiger partial charge in [0.1, 0.15) is 0 Å². The molecule has 0 saturated heterocycles. The van der Waals surface area contributed by atoms with E-state index < -0.39 is 0 Å². The zero-order chi connectivity index (χ0) is 9.80. The van der Waals surface area contributed by atoms with Crippen molar-refractivity contribution >= 4 is 36.8 Å². The third kappa shape index (κ3) is 3.82. The standard InChI is InChI=1S/C12H10S2.ClH/c13-10-6-8-12(9-7-10)14-11-4-2-1-3-5-11;/h1-9,13H;1H. The van der Waals surface area contributed by atoms with Crippen LogP contribution in [0.2, 0.25) is 0 Å². The Bertz CT molecular complexity index is 398. The van der Waals surface area contributed by atoms with Gasteiger partial charge >= 0.3 is 0 Å². The molecule has 0 aliphatic rings. The number of thiol groups is 1. The molecule has 0 aromatic heterocycles. The number of hydrogen-bond donors (Lipinski definition) is 1. The number of halogens is 1.